The van der Waals surface area contributed by atoms with Crippen LogP contribution in [0.5, 0.6) is 0 Å². The molecule has 2 heterocycles. The van der Waals surface area contributed by atoms with E-state index in [1.165, 1.54) is 17.0 Å². The standard InChI is InChI=1S/C30H34F9N3O3/c1-19-17-45-26(18-44-2)16-41(19)9-7-40-8-10-42(25(15-40)11-20-3-5-22(6-4-20)28(31,32)33)27(43)21-12-23(29(34,35)36)14-24(13-21)30(37,38)39/h3-6,12-14,19,25-26H,7-11,15-18H2,1-2H3/t19-,25+,26-/m0/s1. The van der Waals surface area contributed by atoms with Crippen molar-refractivity contribution in [2.75, 3.05) is 59.6 Å². The number of halogens is 9. The number of ether oxygens (including phenoxy) is 2. The van der Waals surface area contributed by atoms with E-state index in [1.54, 1.807) is 7.11 Å². The van der Waals surface area contributed by atoms with Crippen LogP contribution in [0.3, 0.4) is 0 Å². The van der Waals surface area contributed by atoms with Gasteiger partial charge in [0.25, 0.3) is 5.91 Å². The molecule has 2 aliphatic rings. The van der Waals surface area contributed by atoms with Gasteiger partial charge in [0.15, 0.2) is 0 Å². The Bertz CT molecular complexity index is 1270. The van der Waals surface area contributed by atoms with Crippen LogP contribution in [0.15, 0.2) is 42.5 Å². The predicted molar refractivity (Wildman–Crippen MR) is 146 cm³/mol. The number of hydrogen-bond acceptors (Lipinski definition) is 5. The van der Waals surface area contributed by atoms with E-state index in [2.05, 4.69) is 4.90 Å². The first kappa shape index (κ1) is 35.0. The number of alkyl halides is 9. The number of benzene rings is 2. The van der Waals surface area contributed by atoms with Gasteiger partial charge < -0.3 is 14.4 Å². The fourth-order valence-electron chi connectivity index (χ4n) is 5.65. The second-order valence-electron chi connectivity index (χ2n) is 11.4. The van der Waals surface area contributed by atoms with Crippen molar-refractivity contribution < 1.29 is 53.8 Å². The predicted octanol–water partition coefficient (Wildman–Crippen LogP) is 5.85. The summed E-state index contributed by atoms with van der Waals surface area (Å²) in [6.07, 6.45) is -14.9. The van der Waals surface area contributed by atoms with E-state index in [4.69, 9.17) is 9.47 Å². The fourth-order valence-corrected chi connectivity index (χ4v) is 5.65. The Hall–Kier alpha value is -2.88. The number of methoxy groups -OCH3 is 1. The number of nitrogens with zero attached hydrogens (tertiary/aromatic N) is 3. The molecule has 0 unspecified atom stereocenters. The highest BCUT2D eigenvalue weighted by molar-refractivity contribution is 5.95. The van der Waals surface area contributed by atoms with Gasteiger partial charge in [0.1, 0.15) is 0 Å². The maximum absolute atomic E-state index is 13.6. The molecule has 250 valence electrons. The molecule has 45 heavy (non-hydrogen) atoms. The van der Waals surface area contributed by atoms with E-state index in [9.17, 15) is 44.3 Å². The lowest BCUT2D eigenvalue weighted by molar-refractivity contribution is -0.143. The van der Waals surface area contributed by atoms with E-state index >= 15 is 0 Å². The number of piperazine rings is 1. The first-order chi connectivity index (χ1) is 21.0. The fraction of sp³-hybridized carbons (Fsp3) is 0.567. The number of rotatable bonds is 8. The summed E-state index contributed by atoms with van der Waals surface area (Å²) in [7, 11) is 1.58. The third kappa shape index (κ3) is 9.11. The molecule has 0 aliphatic carbocycles. The highest BCUT2D eigenvalue weighted by Gasteiger charge is 2.39. The van der Waals surface area contributed by atoms with E-state index in [0.29, 0.717) is 57.1 Å². The minimum Gasteiger partial charge on any atom is -0.382 e. The summed E-state index contributed by atoms with van der Waals surface area (Å²) in [5.41, 5.74) is -4.43. The Morgan fingerprint density at radius 3 is 2.00 bits per heavy atom. The van der Waals surface area contributed by atoms with Crippen LogP contribution in [-0.2, 0) is 34.4 Å². The molecule has 15 heteroatoms. The lowest BCUT2D eigenvalue weighted by Gasteiger charge is -2.43. The molecule has 6 nitrogen and oxygen atoms in total. The van der Waals surface area contributed by atoms with Crippen LogP contribution in [0.4, 0.5) is 39.5 Å². The molecular weight excluding hydrogens is 621 g/mol. The first-order valence-corrected chi connectivity index (χ1v) is 14.3. The number of amides is 1. The highest BCUT2D eigenvalue weighted by atomic mass is 19.4. The summed E-state index contributed by atoms with van der Waals surface area (Å²) in [5.74, 6) is -1.02. The van der Waals surface area contributed by atoms with Crippen LogP contribution in [0, 0.1) is 0 Å². The monoisotopic (exact) mass is 655 g/mol. The van der Waals surface area contributed by atoms with Crippen LogP contribution in [0.1, 0.15) is 39.5 Å². The Kier molecular flexibility index (Phi) is 10.8. The third-order valence-electron chi connectivity index (χ3n) is 8.11. The lowest BCUT2D eigenvalue weighted by Crippen LogP contribution is -2.58. The van der Waals surface area contributed by atoms with Crippen molar-refractivity contribution in [1.29, 1.82) is 0 Å². The van der Waals surface area contributed by atoms with Gasteiger partial charge in [0, 0.05) is 64.0 Å². The van der Waals surface area contributed by atoms with Crippen LogP contribution in [-0.4, -0.2) is 98.4 Å². The average Bonchev–Trinajstić information content (AvgIpc) is 2.96. The van der Waals surface area contributed by atoms with Crippen molar-refractivity contribution in [3.05, 3.63) is 70.3 Å². The van der Waals surface area contributed by atoms with Gasteiger partial charge in [0.2, 0.25) is 0 Å². The van der Waals surface area contributed by atoms with Crippen molar-refractivity contribution in [1.82, 2.24) is 14.7 Å². The molecule has 1 amide bonds. The van der Waals surface area contributed by atoms with E-state index < -0.39 is 52.7 Å². The van der Waals surface area contributed by atoms with Crippen molar-refractivity contribution >= 4 is 5.91 Å². The van der Waals surface area contributed by atoms with E-state index in [-0.39, 0.29) is 37.7 Å². The molecule has 2 aromatic carbocycles. The minimum atomic E-state index is -5.13. The highest BCUT2D eigenvalue weighted by Crippen LogP contribution is 2.37. The zero-order chi connectivity index (χ0) is 33.2. The molecule has 0 N–H and O–H groups in total. The number of carbonyl (C=O) groups is 1. The molecule has 2 aliphatic heterocycles. The third-order valence-corrected chi connectivity index (χ3v) is 8.11. The van der Waals surface area contributed by atoms with Crippen LogP contribution >= 0.6 is 0 Å². The number of hydrogen-bond donors (Lipinski definition) is 0. The normalized spacial score (nSPS) is 22.6. The largest absolute Gasteiger partial charge is 0.416 e. The van der Waals surface area contributed by atoms with E-state index in [1.807, 2.05) is 11.8 Å². The van der Waals surface area contributed by atoms with Gasteiger partial charge in [-0.2, -0.15) is 39.5 Å². The summed E-state index contributed by atoms with van der Waals surface area (Å²) < 4.78 is 131. The second kappa shape index (κ2) is 13.9. The molecule has 2 aromatic rings. The second-order valence-corrected chi connectivity index (χ2v) is 11.4. The average molecular weight is 656 g/mol. The molecular formula is C30H34F9N3O3. The molecule has 0 radical (unpaired) electrons. The van der Waals surface area contributed by atoms with Gasteiger partial charge in [-0.15, -0.1) is 0 Å². The van der Waals surface area contributed by atoms with Crippen LogP contribution in [0.2, 0.25) is 0 Å². The summed E-state index contributed by atoms with van der Waals surface area (Å²) in [4.78, 5) is 19.1. The molecule has 3 atom stereocenters. The molecule has 0 bridgehead atoms. The van der Waals surface area contributed by atoms with Crippen molar-refractivity contribution in [3.63, 3.8) is 0 Å². The smallest absolute Gasteiger partial charge is 0.382 e. The molecule has 0 spiro atoms. The van der Waals surface area contributed by atoms with Crippen molar-refractivity contribution in [2.45, 2.75) is 50.1 Å². The quantitative estimate of drug-likeness (QED) is 0.335. The Morgan fingerprint density at radius 1 is 0.844 bits per heavy atom. The van der Waals surface area contributed by atoms with Gasteiger partial charge in [-0.1, -0.05) is 12.1 Å². The summed E-state index contributed by atoms with van der Waals surface area (Å²) in [6.45, 7) is 5.21. The Labute approximate surface area is 254 Å². The van der Waals surface area contributed by atoms with Gasteiger partial charge >= 0.3 is 18.5 Å². The Morgan fingerprint density at radius 2 is 1.44 bits per heavy atom. The van der Waals surface area contributed by atoms with Crippen molar-refractivity contribution in [3.8, 4) is 0 Å². The van der Waals surface area contributed by atoms with Crippen LogP contribution < -0.4 is 0 Å². The molecule has 2 saturated heterocycles. The van der Waals surface area contributed by atoms with Gasteiger partial charge in [-0.05, 0) is 49.2 Å². The van der Waals surface area contributed by atoms with Crippen LogP contribution in [0.25, 0.3) is 0 Å². The lowest BCUT2D eigenvalue weighted by atomic mass is 9.98. The number of carbonyl (C=O) groups excluding carboxylic acids is 1. The maximum Gasteiger partial charge on any atom is 0.416 e. The molecule has 2 fully saturated rings. The first-order valence-electron chi connectivity index (χ1n) is 14.3. The SMILES string of the molecule is COC[C@@H]1CN(CCN2CCN(C(=O)c3cc(C(F)(F)F)cc(C(F)(F)F)c3)[C@H](Cc3ccc(C(F)(F)F)cc3)C2)[C@@H](C)CO1. The topological polar surface area (TPSA) is 45.2 Å². The van der Waals surface area contributed by atoms with Crippen molar-refractivity contribution in [2.24, 2.45) is 0 Å². The maximum atomic E-state index is 13.6. The van der Waals surface area contributed by atoms with Gasteiger partial charge in [0.05, 0.1) is 36.0 Å². The summed E-state index contributed by atoms with van der Waals surface area (Å²) in [5, 5.41) is 0. The molecule has 0 aromatic heterocycles. The molecule has 4 rings (SSSR count). The Balaban J connectivity index is 1.58. The summed E-state index contributed by atoms with van der Waals surface area (Å²) >= 11 is 0. The minimum absolute atomic E-state index is 0.00725. The zero-order valence-electron chi connectivity index (χ0n) is 24.6. The zero-order valence-corrected chi connectivity index (χ0v) is 24.6. The van der Waals surface area contributed by atoms with Gasteiger partial charge in [-0.25, -0.2) is 0 Å². The van der Waals surface area contributed by atoms with E-state index in [0.717, 1.165) is 12.1 Å². The molecule has 0 saturated carbocycles. The van der Waals surface area contributed by atoms with Gasteiger partial charge in [-0.3, -0.25) is 14.6 Å². The summed E-state index contributed by atoms with van der Waals surface area (Å²) in [6, 6.07) is 4.41. The number of morpholine rings is 1.